The zero-order valence-corrected chi connectivity index (χ0v) is 16.7. The van der Waals surface area contributed by atoms with Crippen molar-refractivity contribution in [2.45, 2.75) is 13.0 Å². The molecule has 5 rings (SSSR count). The van der Waals surface area contributed by atoms with E-state index in [1.165, 1.54) is 5.56 Å². The average Bonchev–Trinajstić information content (AvgIpc) is 3.48. The summed E-state index contributed by atoms with van der Waals surface area (Å²) in [7, 11) is 0. The molecule has 0 saturated carbocycles. The first-order chi connectivity index (χ1) is 14.3. The number of rotatable bonds is 5. The van der Waals surface area contributed by atoms with Gasteiger partial charge in [-0.05, 0) is 48.2 Å². The summed E-state index contributed by atoms with van der Waals surface area (Å²) in [5, 5.41) is 6.66. The minimum atomic E-state index is 0.0985. The normalized spacial score (nSPS) is 12.2. The number of imidazole rings is 1. The molecule has 5 aromatic rings. The Kier molecular flexibility index (Phi) is 4.54. The maximum absolute atomic E-state index is 4.84. The van der Waals surface area contributed by atoms with Crippen LogP contribution in [0.3, 0.4) is 0 Å². The minimum Gasteiger partial charge on any atom is -0.363 e. The number of anilines is 1. The number of hydrogen-bond acceptors (Lipinski definition) is 5. The molecule has 1 N–H and O–H groups in total. The summed E-state index contributed by atoms with van der Waals surface area (Å²) in [6.45, 7) is 2.15. The van der Waals surface area contributed by atoms with Crippen LogP contribution in [0.5, 0.6) is 0 Å². The number of benzene rings is 2. The third kappa shape index (κ3) is 3.50. The molecule has 2 aromatic carbocycles. The van der Waals surface area contributed by atoms with E-state index in [1.807, 2.05) is 40.4 Å². The monoisotopic (exact) mass is 397 g/mol. The fourth-order valence-electron chi connectivity index (χ4n) is 3.34. The van der Waals surface area contributed by atoms with Crippen LogP contribution < -0.4 is 5.32 Å². The van der Waals surface area contributed by atoms with Crippen LogP contribution in [0.2, 0.25) is 0 Å². The summed E-state index contributed by atoms with van der Waals surface area (Å²) in [6, 6.07) is 20.8. The number of para-hydroxylation sites is 1. The Morgan fingerprint density at radius 2 is 1.83 bits per heavy atom. The molecule has 1 unspecified atom stereocenters. The largest absolute Gasteiger partial charge is 0.363 e. The van der Waals surface area contributed by atoms with Gasteiger partial charge in [0.2, 0.25) is 0 Å². The zero-order valence-electron chi connectivity index (χ0n) is 15.9. The number of nitrogens with one attached hydrogen (secondary N) is 1. The van der Waals surface area contributed by atoms with Crippen LogP contribution in [0.4, 0.5) is 5.82 Å². The van der Waals surface area contributed by atoms with E-state index in [2.05, 4.69) is 53.6 Å². The second-order valence-electron chi connectivity index (χ2n) is 6.82. The summed E-state index contributed by atoms with van der Waals surface area (Å²) in [6.07, 6.45) is 5.52. The average molecular weight is 398 g/mol. The van der Waals surface area contributed by atoms with Gasteiger partial charge >= 0.3 is 0 Å². The minimum absolute atomic E-state index is 0.0985. The highest BCUT2D eigenvalue weighted by Crippen LogP contribution is 2.29. The van der Waals surface area contributed by atoms with Crippen LogP contribution >= 0.6 is 11.3 Å². The lowest BCUT2D eigenvalue weighted by Gasteiger charge is -2.17. The molecule has 0 saturated heterocycles. The quantitative estimate of drug-likeness (QED) is 0.412. The molecule has 1 atom stereocenters. The molecular weight excluding hydrogens is 378 g/mol. The van der Waals surface area contributed by atoms with Crippen molar-refractivity contribution in [3.8, 4) is 16.4 Å². The van der Waals surface area contributed by atoms with Gasteiger partial charge in [-0.1, -0.05) is 30.3 Å². The van der Waals surface area contributed by atoms with Crippen molar-refractivity contribution in [3.63, 3.8) is 0 Å². The first kappa shape index (κ1) is 17.6. The number of aromatic nitrogens is 4. The van der Waals surface area contributed by atoms with E-state index < -0.39 is 0 Å². The van der Waals surface area contributed by atoms with Crippen molar-refractivity contribution in [1.29, 1.82) is 0 Å². The smallest absolute Gasteiger partial charge is 0.172 e. The van der Waals surface area contributed by atoms with E-state index in [9.17, 15) is 0 Å². The van der Waals surface area contributed by atoms with Crippen molar-refractivity contribution in [3.05, 3.63) is 90.3 Å². The summed E-state index contributed by atoms with van der Waals surface area (Å²) in [5.74, 6) is 1.61. The fraction of sp³-hybridized carbons (Fsp3) is 0.0870. The van der Waals surface area contributed by atoms with Crippen LogP contribution in [-0.2, 0) is 0 Å². The third-order valence-electron chi connectivity index (χ3n) is 4.89. The maximum atomic E-state index is 4.84. The molecule has 3 aromatic heterocycles. The molecule has 0 aliphatic heterocycles. The highest BCUT2D eigenvalue weighted by molar-refractivity contribution is 7.13. The van der Waals surface area contributed by atoms with Gasteiger partial charge in [0, 0.05) is 29.5 Å². The standard InChI is InChI=1S/C23H19N5S/c1-16(17-8-10-18(11-9-17)28-13-12-24-15-28)25-22-19-5-2-3-6-20(19)26-23(27-22)21-7-4-14-29-21/h2-16H,1H3,(H,25,26,27). The van der Waals surface area contributed by atoms with E-state index >= 15 is 0 Å². The Labute approximate surface area is 172 Å². The van der Waals surface area contributed by atoms with Gasteiger partial charge in [-0.25, -0.2) is 15.0 Å². The van der Waals surface area contributed by atoms with E-state index in [4.69, 9.17) is 9.97 Å². The molecule has 0 amide bonds. The Hall–Kier alpha value is -3.51. The predicted molar refractivity (Wildman–Crippen MR) is 118 cm³/mol. The first-order valence-electron chi connectivity index (χ1n) is 9.43. The molecule has 0 aliphatic rings. The lowest BCUT2D eigenvalue weighted by atomic mass is 10.1. The van der Waals surface area contributed by atoms with Crippen molar-refractivity contribution >= 4 is 28.1 Å². The van der Waals surface area contributed by atoms with Crippen LogP contribution in [0.25, 0.3) is 27.3 Å². The van der Waals surface area contributed by atoms with Gasteiger partial charge in [-0.3, -0.25) is 0 Å². The molecule has 0 bridgehead atoms. The molecule has 0 spiro atoms. The molecule has 0 aliphatic carbocycles. The van der Waals surface area contributed by atoms with Crippen molar-refractivity contribution < 1.29 is 0 Å². The summed E-state index contributed by atoms with van der Waals surface area (Å²) < 4.78 is 1.99. The van der Waals surface area contributed by atoms with Crippen molar-refractivity contribution in [2.24, 2.45) is 0 Å². The van der Waals surface area contributed by atoms with Crippen molar-refractivity contribution in [2.75, 3.05) is 5.32 Å². The molecule has 3 heterocycles. The molecule has 0 radical (unpaired) electrons. The van der Waals surface area contributed by atoms with Crippen LogP contribution in [0.15, 0.2) is 84.8 Å². The first-order valence-corrected chi connectivity index (χ1v) is 10.3. The van der Waals surface area contributed by atoms with E-state index in [-0.39, 0.29) is 6.04 Å². The van der Waals surface area contributed by atoms with Gasteiger partial charge < -0.3 is 9.88 Å². The van der Waals surface area contributed by atoms with E-state index in [1.54, 1.807) is 23.9 Å². The number of thiophene rings is 1. The fourth-order valence-corrected chi connectivity index (χ4v) is 4.00. The molecule has 0 fully saturated rings. The van der Waals surface area contributed by atoms with Gasteiger partial charge in [0.15, 0.2) is 5.82 Å². The van der Waals surface area contributed by atoms with Crippen LogP contribution in [0, 0.1) is 0 Å². The summed E-state index contributed by atoms with van der Waals surface area (Å²) >= 11 is 1.65. The Balaban J connectivity index is 1.47. The summed E-state index contributed by atoms with van der Waals surface area (Å²) in [4.78, 5) is 14.8. The molecular formula is C23H19N5S. The van der Waals surface area contributed by atoms with Crippen molar-refractivity contribution in [1.82, 2.24) is 19.5 Å². The van der Waals surface area contributed by atoms with Gasteiger partial charge in [0.25, 0.3) is 0 Å². The van der Waals surface area contributed by atoms with Gasteiger partial charge in [0.1, 0.15) is 5.82 Å². The lowest BCUT2D eigenvalue weighted by molar-refractivity contribution is 0.875. The molecule has 5 nitrogen and oxygen atoms in total. The maximum Gasteiger partial charge on any atom is 0.172 e. The molecule has 6 heteroatoms. The van der Waals surface area contributed by atoms with Crippen LogP contribution in [-0.4, -0.2) is 19.5 Å². The third-order valence-corrected chi connectivity index (χ3v) is 5.76. The molecule has 29 heavy (non-hydrogen) atoms. The van der Waals surface area contributed by atoms with E-state index in [0.29, 0.717) is 0 Å². The predicted octanol–water partition coefficient (Wildman–Crippen LogP) is 5.72. The Morgan fingerprint density at radius 3 is 2.59 bits per heavy atom. The lowest BCUT2D eigenvalue weighted by Crippen LogP contribution is -2.09. The Morgan fingerprint density at radius 1 is 0.966 bits per heavy atom. The Bertz CT molecular complexity index is 1230. The number of nitrogens with zero attached hydrogens (tertiary/aromatic N) is 4. The number of hydrogen-bond donors (Lipinski definition) is 1. The highest BCUT2D eigenvalue weighted by atomic mass is 32.1. The SMILES string of the molecule is CC(Nc1nc(-c2cccs2)nc2ccccc12)c1ccc(-n2ccnc2)cc1. The highest BCUT2D eigenvalue weighted by Gasteiger charge is 2.13. The number of fused-ring (bicyclic) bond motifs is 1. The summed E-state index contributed by atoms with van der Waals surface area (Å²) in [5.41, 5.74) is 3.22. The van der Waals surface area contributed by atoms with Gasteiger partial charge in [-0.2, -0.15) is 0 Å². The van der Waals surface area contributed by atoms with Crippen LogP contribution in [0.1, 0.15) is 18.5 Å². The second kappa shape index (κ2) is 7.48. The van der Waals surface area contributed by atoms with Gasteiger partial charge in [-0.15, -0.1) is 11.3 Å². The zero-order chi connectivity index (χ0) is 19.6. The topological polar surface area (TPSA) is 55.6 Å². The molecule has 142 valence electrons. The second-order valence-corrected chi connectivity index (χ2v) is 7.77. The van der Waals surface area contributed by atoms with Gasteiger partial charge in [0.05, 0.1) is 16.7 Å². The van der Waals surface area contributed by atoms with E-state index in [0.717, 1.165) is 33.1 Å².